The van der Waals surface area contributed by atoms with Gasteiger partial charge in [-0.15, -0.1) is 0 Å². The van der Waals surface area contributed by atoms with Gasteiger partial charge in [-0.2, -0.15) is 0 Å². The molecule has 1 N–H and O–H groups in total. The quantitative estimate of drug-likeness (QED) is 0.417. The molecule has 0 saturated heterocycles. The second-order valence-corrected chi connectivity index (χ2v) is 8.07. The molecule has 0 saturated carbocycles. The average Bonchev–Trinajstić information content (AvgIpc) is 3.07. The fourth-order valence-electron chi connectivity index (χ4n) is 4.15. The van der Waals surface area contributed by atoms with Crippen LogP contribution in [0.2, 0.25) is 0 Å². The predicted octanol–water partition coefficient (Wildman–Crippen LogP) is 6.25. The third-order valence-corrected chi connectivity index (χ3v) is 6.02. The van der Waals surface area contributed by atoms with Gasteiger partial charge in [0.25, 0.3) is 0 Å². The van der Waals surface area contributed by atoms with Gasteiger partial charge in [0.15, 0.2) is 0 Å². The van der Waals surface area contributed by atoms with Gasteiger partial charge in [-0.25, -0.2) is 4.98 Å². The number of para-hydroxylation sites is 2. The number of aryl methyl sites for hydroxylation is 1. The summed E-state index contributed by atoms with van der Waals surface area (Å²) in [6, 6.07) is 26.2. The van der Waals surface area contributed by atoms with E-state index < -0.39 is 0 Å². The highest BCUT2D eigenvalue weighted by molar-refractivity contribution is 9.10. The van der Waals surface area contributed by atoms with Gasteiger partial charge in [-0.1, -0.05) is 64.5 Å². The Morgan fingerprint density at radius 2 is 1.70 bits per heavy atom. The van der Waals surface area contributed by atoms with E-state index in [2.05, 4.69) is 106 Å². The van der Waals surface area contributed by atoms with Crippen molar-refractivity contribution in [1.29, 1.82) is 0 Å². The molecule has 0 spiro atoms. The molecule has 27 heavy (non-hydrogen) atoms. The molecule has 4 heteroatoms. The second kappa shape index (κ2) is 6.54. The van der Waals surface area contributed by atoms with Crippen molar-refractivity contribution in [1.82, 2.24) is 9.55 Å². The molecule has 3 aromatic carbocycles. The first-order valence-corrected chi connectivity index (χ1v) is 10.0. The van der Waals surface area contributed by atoms with Crippen LogP contribution in [-0.4, -0.2) is 9.55 Å². The summed E-state index contributed by atoms with van der Waals surface area (Å²) < 4.78 is 3.47. The molecule has 0 aliphatic carbocycles. The number of halogens is 1. The third-order valence-electron chi connectivity index (χ3n) is 5.49. The molecule has 5 rings (SSSR count). The number of nitrogens with zero attached hydrogens (tertiary/aromatic N) is 2. The standard InChI is InChI=1S/C23H20BrN3/c1-15-6-2-3-7-18(15)22-14-20(16-10-12-17(24)13-11-16)26-23-25-19-8-4-5-9-21(19)27(22)23/h2-13,20,22H,14H2,1H3,(H,25,26)/t20-,22+/m1/s1. The maximum Gasteiger partial charge on any atom is 0.204 e. The van der Waals surface area contributed by atoms with E-state index >= 15 is 0 Å². The summed E-state index contributed by atoms with van der Waals surface area (Å²) in [4.78, 5) is 4.89. The molecule has 134 valence electrons. The SMILES string of the molecule is Cc1ccccc1[C@@H]1C[C@H](c2ccc(Br)cc2)Nc2nc3ccccc3n21. The van der Waals surface area contributed by atoms with Crippen molar-refractivity contribution >= 4 is 32.9 Å². The lowest BCUT2D eigenvalue weighted by Gasteiger charge is -2.34. The summed E-state index contributed by atoms with van der Waals surface area (Å²) in [5.41, 5.74) is 6.20. The topological polar surface area (TPSA) is 29.9 Å². The number of imidazole rings is 1. The Balaban J connectivity index is 1.68. The molecule has 0 radical (unpaired) electrons. The molecule has 0 fully saturated rings. The Kier molecular flexibility index (Phi) is 4.01. The summed E-state index contributed by atoms with van der Waals surface area (Å²) >= 11 is 3.54. The minimum Gasteiger partial charge on any atom is -0.349 e. The first-order chi connectivity index (χ1) is 13.2. The highest BCUT2D eigenvalue weighted by atomic mass is 79.9. The number of benzene rings is 3. The van der Waals surface area contributed by atoms with Gasteiger partial charge in [0.2, 0.25) is 5.95 Å². The molecule has 1 aliphatic heterocycles. The number of nitrogens with one attached hydrogen (secondary N) is 1. The Labute approximate surface area is 167 Å². The van der Waals surface area contributed by atoms with Crippen molar-refractivity contribution in [3.63, 3.8) is 0 Å². The van der Waals surface area contributed by atoms with Crippen LogP contribution in [0.25, 0.3) is 11.0 Å². The van der Waals surface area contributed by atoms with Crippen LogP contribution in [0.3, 0.4) is 0 Å². The summed E-state index contributed by atoms with van der Waals surface area (Å²) in [5, 5.41) is 3.68. The van der Waals surface area contributed by atoms with E-state index in [9.17, 15) is 0 Å². The zero-order chi connectivity index (χ0) is 18.4. The van der Waals surface area contributed by atoms with E-state index in [-0.39, 0.29) is 12.1 Å². The highest BCUT2D eigenvalue weighted by Gasteiger charge is 2.31. The first kappa shape index (κ1) is 16.6. The van der Waals surface area contributed by atoms with E-state index in [0.717, 1.165) is 22.4 Å². The van der Waals surface area contributed by atoms with E-state index in [0.29, 0.717) is 0 Å². The molecule has 0 amide bonds. The first-order valence-electron chi connectivity index (χ1n) is 9.25. The van der Waals surface area contributed by atoms with Gasteiger partial charge >= 0.3 is 0 Å². The summed E-state index contributed by atoms with van der Waals surface area (Å²) in [6.07, 6.45) is 0.986. The highest BCUT2D eigenvalue weighted by Crippen LogP contribution is 2.41. The molecule has 4 aromatic rings. The summed E-state index contributed by atoms with van der Waals surface area (Å²) in [7, 11) is 0. The number of rotatable bonds is 2. The zero-order valence-corrected chi connectivity index (χ0v) is 16.6. The second-order valence-electron chi connectivity index (χ2n) is 7.15. The van der Waals surface area contributed by atoms with Gasteiger partial charge in [0, 0.05) is 4.47 Å². The van der Waals surface area contributed by atoms with Gasteiger partial charge in [0.1, 0.15) is 0 Å². The van der Waals surface area contributed by atoms with E-state index in [1.807, 2.05) is 0 Å². The Morgan fingerprint density at radius 1 is 0.963 bits per heavy atom. The number of hydrogen-bond acceptors (Lipinski definition) is 2. The summed E-state index contributed by atoms with van der Waals surface area (Å²) in [5.74, 6) is 0.948. The molecule has 1 aromatic heterocycles. The number of anilines is 1. The van der Waals surface area contributed by atoms with Crippen molar-refractivity contribution in [2.45, 2.75) is 25.4 Å². The predicted molar refractivity (Wildman–Crippen MR) is 114 cm³/mol. The molecular formula is C23H20BrN3. The van der Waals surface area contributed by atoms with Gasteiger partial charge in [0.05, 0.1) is 23.1 Å². The third kappa shape index (κ3) is 2.85. The van der Waals surface area contributed by atoms with Crippen LogP contribution in [0.5, 0.6) is 0 Å². The monoisotopic (exact) mass is 417 g/mol. The average molecular weight is 418 g/mol. The lowest BCUT2D eigenvalue weighted by atomic mass is 9.91. The lowest BCUT2D eigenvalue weighted by molar-refractivity contribution is 0.476. The molecule has 3 nitrogen and oxygen atoms in total. The Hall–Kier alpha value is -2.59. The van der Waals surface area contributed by atoms with Crippen LogP contribution in [0.1, 0.15) is 35.2 Å². The zero-order valence-electron chi connectivity index (χ0n) is 15.1. The van der Waals surface area contributed by atoms with Crippen LogP contribution in [0.15, 0.2) is 77.3 Å². The number of hydrogen-bond donors (Lipinski definition) is 1. The van der Waals surface area contributed by atoms with Gasteiger partial charge < -0.3 is 9.88 Å². The van der Waals surface area contributed by atoms with E-state index in [4.69, 9.17) is 4.98 Å². The van der Waals surface area contributed by atoms with Gasteiger partial charge in [-0.3, -0.25) is 0 Å². The van der Waals surface area contributed by atoms with Crippen molar-refractivity contribution in [3.8, 4) is 0 Å². The lowest BCUT2D eigenvalue weighted by Crippen LogP contribution is -2.27. The van der Waals surface area contributed by atoms with Crippen molar-refractivity contribution in [2.75, 3.05) is 5.32 Å². The number of aromatic nitrogens is 2. The van der Waals surface area contributed by atoms with Crippen molar-refractivity contribution in [3.05, 3.63) is 94.0 Å². The van der Waals surface area contributed by atoms with E-state index in [1.54, 1.807) is 0 Å². The fraction of sp³-hybridized carbons (Fsp3) is 0.174. The molecule has 0 bridgehead atoms. The van der Waals surface area contributed by atoms with Crippen molar-refractivity contribution < 1.29 is 0 Å². The minimum atomic E-state index is 0.229. The fourth-order valence-corrected chi connectivity index (χ4v) is 4.41. The Bertz CT molecular complexity index is 1110. The normalized spacial score (nSPS) is 18.9. The largest absolute Gasteiger partial charge is 0.349 e. The van der Waals surface area contributed by atoms with Crippen LogP contribution in [0.4, 0.5) is 5.95 Å². The van der Waals surface area contributed by atoms with Crippen LogP contribution in [0, 0.1) is 6.92 Å². The van der Waals surface area contributed by atoms with Crippen LogP contribution in [-0.2, 0) is 0 Å². The molecule has 2 heterocycles. The minimum absolute atomic E-state index is 0.229. The van der Waals surface area contributed by atoms with E-state index in [1.165, 1.54) is 22.2 Å². The molecular weight excluding hydrogens is 398 g/mol. The number of fused-ring (bicyclic) bond motifs is 3. The maximum absolute atomic E-state index is 4.89. The smallest absolute Gasteiger partial charge is 0.204 e. The molecule has 2 atom stereocenters. The summed E-state index contributed by atoms with van der Waals surface area (Å²) in [6.45, 7) is 2.20. The maximum atomic E-state index is 4.89. The Morgan fingerprint density at radius 3 is 2.52 bits per heavy atom. The van der Waals surface area contributed by atoms with Gasteiger partial charge in [-0.05, 0) is 54.3 Å². The molecule has 1 aliphatic rings. The van der Waals surface area contributed by atoms with Crippen molar-refractivity contribution in [2.24, 2.45) is 0 Å². The van der Waals surface area contributed by atoms with Crippen LogP contribution >= 0.6 is 15.9 Å². The van der Waals surface area contributed by atoms with Crippen LogP contribution < -0.4 is 5.32 Å². The molecule has 0 unspecified atom stereocenters.